The maximum atomic E-state index is 9.74. The van der Waals surface area contributed by atoms with E-state index in [4.69, 9.17) is 5.73 Å². The van der Waals surface area contributed by atoms with E-state index in [0.717, 1.165) is 6.42 Å². The average molecular weight is 202 g/mol. The molecule has 0 spiro atoms. The number of nitrogens with one attached hydrogen (secondary N) is 1. The fourth-order valence-electron chi connectivity index (χ4n) is 1.26. The van der Waals surface area contributed by atoms with Crippen molar-refractivity contribution in [1.82, 2.24) is 5.32 Å². The number of hydrogen-bond donors (Lipinski definition) is 3. The second kappa shape index (κ2) is 5.69. The van der Waals surface area contributed by atoms with Crippen molar-refractivity contribution in [3.05, 3.63) is 0 Å². The van der Waals surface area contributed by atoms with Crippen LogP contribution < -0.4 is 11.1 Å². The largest absolute Gasteiger partial charge is 0.390 e. The molecule has 0 aromatic heterocycles. The van der Waals surface area contributed by atoms with Gasteiger partial charge in [0, 0.05) is 18.1 Å². The minimum atomic E-state index is -0.448. The maximum Gasteiger partial charge on any atom is 0.0815 e. The molecule has 3 heteroatoms. The van der Waals surface area contributed by atoms with E-state index in [2.05, 4.69) is 39.9 Å². The van der Waals surface area contributed by atoms with E-state index in [-0.39, 0.29) is 11.6 Å². The van der Waals surface area contributed by atoms with Crippen LogP contribution in [0.2, 0.25) is 0 Å². The molecule has 2 unspecified atom stereocenters. The Morgan fingerprint density at radius 1 is 1.29 bits per heavy atom. The summed E-state index contributed by atoms with van der Waals surface area (Å²) in [4.78, 5) is 0. The quantitative estimate of drug-likeness (QED) is 0.626. The number of nitrogens with two attached hydrogens (primary N) is 1. The van der Waals surface area contributed by atoms with Crippen LogP contribution in [-0.4, -0.2) is 29.3 Å². The highest BCUT2D eigenvalue weighted by Crippen LogP contribution is 2.07. The predicted molar refractivity (Wildman–Crippen MR) is 61.2 cm³/mol. The summed E-state index contributed by atoms with van der Waals surface area (Å²) in [5.74, 6) is 0.536. The molecular formula is C11H26N2O. The van der Waals surface area contributed by atoms with Crippen LogP contribution in [0.1, 0.15) is 41.0 Å². The summed E-state index contributed by atoms with van der Waals surface area (Å²) >= 11 is 0. The molecule has 3 nitrogen and oxygen atoms in total. The highest BCUT2D eigenvalue weighted by Gasteiger charge is 2.18. The van der Waals surface area contributed by atoms with E-state index in [1.807, 2.05) is 0 Å². The van der Waals surface area contributed by atoms with Gasteiger partial charge in [-0.3, -0.25) is 0 Å². The van der Waals surface area contributed by atoms with Gasteiger partial charge in [-0.25, -0.2) is 0 Å². The zero-order chi connectivity index (χ0) is 11.4. The third kappa shape index (κ3) is 7.30. The van der Waals surface area contributed by atoms with Crippen LogP contribution in [0.15, 0.2) is 0 Å². The molecule has 0 aliphatic heterocycles. The number of aliphatic hydroxyl groups excluding tert-OH is 1. The van der Waals surface area contributed by atoms with Crippen LogP contribution in [-0.2, 0) is 0 Å². The molecule has 0 aromatic carbocycles. The molecule has 0 aliphatic rings. The summed E-state index contributed by atoms with van der Waals surface area (Å²) in [7, 11) is 0. The lowest BCUT2D eigenvalue weighted by Crippen LogP contribution is -2.47. The molecule has 2 atom stereocenters. The SMILES string of the molecule is CC(C)CC(N)C(O)CNC(C)(C)C. The van der Waals surface area contributed by atoms with Crippen molar-refractivity contribution < 1.29 is 5.11 Å². The lowest BCUT2D eigenvalue weighted by Gasteiger charge is -2.26. The fourth-order valence-corrected chi connectivity index (χ4v) is 1.26. The molecule has 86 valence electrons. The average Bonchev–Trinajstić information content (AvgIpc) is 1.97. The van der Waals surface area contributed by atoms with Crippen LogP contribution >= 0.6 is 0 Å². The molecule has 0 fully saturated rings. The number of hydrogen-bond acceptors (Lipinski definition) is 3. The van der Waals surface area contributed by atoms with E-state index >= 15 is 0 Å². The first-order valence-electron chi connectivity index (χ1n) is 5.41. The number of β-amino-alcohol motifs (C(OH)–C–C–N with tert-alkyl or cyclic N) is 1. The van der Waals surface area contributed by atoms with Gasteiger partial charge in [0.05, 0.1) is 6.10 Å². The van der Waals surface area contributed by atoms with Gasteiger partial charge in [-0.05, 0) is 33.1 Å². The van der Waals surface area contributed by atoms with E-state index in [1.165, 1.54) is 0 Å². The van der Waals surface area contributed by atoms with Crippen molar-refractivity contribution in [2.75, 3.05) is 6.54 Å². The molecule has 0 aromatic rings. The summed E-state index contributed by atoms with van der Waals surface area (Å²) in [6.07, 6.45) is 0.420. The van der Waals surface area contributed by atoms with Gasteiger partial charge in [-0.1, -0.05) is 13.8 Å². The Bertz CT molecular complexity index is 152. The van der Waals surface area contributed by atoms with Gasteiger partial charge in [-0.15, -0.1) is 0 Å². The Balaban J connectivity index is 3.78. The zero-order valence-electron chi connectivity index (χ0n) is 10.2. The molecule has 0 bridgehead atoms. The van der Waals surface area contributed by atoms with Crippen LogP contribution in [0.3, 0.4) is 0 Å². The standard InChI is InChI=1S/C11H26N2O/c1-8(2)6-9(12)10(14)7-13-11(3,4)5/h8-10,13-14H,6-7,12H2,1-5H3. The van der Waals surface area contributed by atoms with Crippen LogP contribution in [0.25, 0.3) is 0 Å². The summed E-state index contributed by atoms with van der Waals surface area (Å²) < 4.78 is 0. The van der Waals surface area contributed by atoms with Gasteiger partial charge < -0.3 is 16.2 Å². The summed E-state index contributed by atoms with van der Waals surface area (Å²) in [6, 6.07) is -0.121. The van der Waals surface area contributed by atoms with Crippen molar-refractivity contribution in [3.63, 3.8) is 0 Å². The summed E-state index contributed by atoms with van der Waals surface area (Å²) in [5.41, 5.74) is 5.90. The lowest BCUT2D eigenvalue weighted by molar-refractivity contribution is 0.124. The molecule has 0 radical (unpaired) electrons. The molecule has 0 heterocycles. The Labute approximate surface area is 88.1 Å². The highest BCUT2D eigenvalue weighted by atomic mass is 16.3. The first-order valence-corrected chi connectivity index (χ1v) is 5.41. The zero-order valence-corrected chi connectivity index (χ0v) is 10.2. The first kappa shape index (κ1) is 13.9. The van der Waals surface area contributed by atoms with Gasteiger partial charge >= 0.3 is 0 Å². The molecule has 4 N–H and O–H groups in total. The minimum absolute atomic E-state index is 0.0402. The van der Waals surface area contributed by atoms with Crippen molar-refractivity contribution in [1.29, 1.82) is 0 Å². The second-order valence-electron chi connectivity index (χ2n) is 5.49. The molecule has 0 saturated heterocycles. The predicted octanol–water partition coefficient (Wildman–Crippen LogP) is 1.11. The molecular weight excluding hydrogens is 176 g/mol. The van der Waals surface area contributed by atoms with E-state index in [1.54, 1.807) is 0 Å². The molecule has 14 heavy (non-hydrogen) atoms. The van der Waals surface area contributed by atoms with Crippen LogP contribution in [0, 0.1) is 5.92 Å². The van der Waals surface area contributed by atoms with Crippen molar-refractivity contribution in [2.45, 2.75) is 58.7 Å². The third-order valence-corrected chi connectivity index (χ3v) is 2.08. The normalized spacial score (nSPS) is 17.1. The second-order valence-corrected chi connectivity index (χ2v) is 5.49. The van der Waals surface area contributed by atoms with E-state index in [0.29, 0.717) is 12.5 Å². The smallest absolute Gasteiger partial charge is 0.0815 e. The summed E-state index contributed by atoms with van der Waals surface area (Å²) in [6.45, 7) is 11.0. The maximum absolute atomic E-state index is 9.74. The third-order valence-electron chi connectivity index (χ3n) is 2.08. The summed E-state index contributed by atoms with van der Waals surface area (Å²) in [5, 5.41) is 13.0. The Hall–Kier alpha value is -0.120. The Morgan fingerprint density at radius 2 is 1.79 bits per heavy atom. The van der Waals surface area contributed by atoms with E-state index in [9.17, 15) is 5.11 Å². The van der Waals surface area contributed by atoms with Crippen molar-refractivity contribution in [3.8, 4) is 0 Å². The van der Waals surface area contributed by atoms with Crippen molar-refractivity contribution in [2.24, 2.45) is 11.7 Å². The van der Waals surface area contributed by atoms with Gasteiger partial charge in [0.15, 0.2) is 0 Å². The van der Waals surface area contributed by atoms with Gasteiger partial charge in [0.1, 0.15) is 0 Å². The van der Waals surface area contributed by atoms with Gasteiger partial charge in [0.25, 0.3) is 0 Å². The Morgan fingerprint density at radius 3 is 2.14 bits per heavy atom. The van der Waals surface area contributed by atoms with Gasteiger partial charge in [0.2, 0.25) is 0 Å². The van der Waals surface area contributed by atoms with Crippen molar-refractivity contribution >= 4 is 0 Å². The number of rotatable bonds is 5. The monoisotopic (exact) mass is 202 g/mol. The fraction of sp³-hybridized carbons (Fsp3) is 1.00. The molecule has 0 aliphatic carbocycles. The Kier molecular flexibility index (Phi) is 5.64. The van der Waals surface area contributed by atoms with Crippen LogP contribution in [0.4, 0.5) is 0 Å². The lowest BCUT2D eigenvalue weighted by atomic mass is 9.99. The van der Waals surface area contributed by atoms with Gasteiger partial charge in [-0.2, -0.15) is 0 Å². The van der Waals surface area contributed by atoms with Crippen LogP contribution in [0.5, 0.6) is 0 Å². The number of aliphatic hydroxyl groups is 1. The molecule has 0 amide bonds. The molecule has 0 saturated carbocycles. The highest BCUT2D eigenvalue weighted by molar-refractivity contribution is 4.79. The van der Waals surface area contributed by atoms with E-state index < -0.39 is 6.10 Å². The first-order chi connectivity index (χ1) is 6.22. The minimum Gasteiger partial charge on any atom is -0.390 e. The molecule has 0 rings (SSSR count). The topological polar surface area (TPSA) is 58.3 Å².